The van der Waals surface area contributed by atoms with Gasteiger partial charge < -0.3 is 0 Å². The van der Waals surface area contributed by atoms with Crippen LogP contribution in [0.4, 0.5) is 0 Å². The van der Waals surface area contributed by atoms with Crippen LogP contribution in [0.2, 0.25) is 12.6 Å². The highest BCUT2D eigenvalue weighted by atomic mass is 28.3. The fraction of sp³-hybridized carbons (Fsp3) is 0.455. The van der Waals surface area contributed by atoms with Gasteiger partial charge in [-0.25, -0.2) is 0 Å². The van der Waals surface area contributed by atoms with Crippen LogP contribution in [0, 0.1) is 0 Å². The summed E-state index contributed by atoms with van der Waals surface area (Å²) in [6, 6.07) is 12.4. The maximum absolute atomic E-state index is 2.45. The van der Waals surface area contributed by atoms with Crippen molar-refractivity contribution in [2.75, 3.05) is 0 Å². The first kappa shape index (κ1) is 9.52. The molecule has 0 aliphatic carbocycles. The molecule has 12 heavy (non-hydrogen) atoms. The molecule has 66 valence electrons. The molecule has 0 N–H and O–H groups in total. The summed E-state index contributed by atoms with van der Waals surface area (Å²) in [7, 11) is -0.578. The molecule has 0 saturated carbocycles. The first-order valence-electron chi connectivity index (χ1n) is 4.89. The van der Waals surface area contributed by atoms with Gasteiger partial charge in [0.1, 0.15) is 0 Å². The van der Waals surface area contributed by atoms with Crippen molar-refractivity contribution in [3.63, 3.8) is 0 Å². The molecule has 0 aliphatic heterocycles. The fourth-order valence-corrected chi connectivity index (χ4v) is 3.69. The van der Waals surface area contributed by atoms with Crippen LogP contribution in [0.15, 0.2) is 30.3 Å². The molecule has 1 aromatic carbocycles. The first-order valence-corrected chi connectivity index (χ1v) is 7.44. The van der Waals surface area contributed by atoms with Crippen molar-refractivity contribution in [1.29, 1.82) is 0 Å². The summed E-state index contributed by atoms with van der Waals surface area (Å²) in [4.78, 5) is 0. The van der Waals surface area contributed by atoms with Gasteiger partial charge in [-0.3, -0.25) is 0 Å². The van der Waals surface area contributed by atoms with Crippen LogP contribution in [-0.2, 0) is 0 Å². The predicted molar refractivity (Wildman–Crippen MR) is 58.8 cm³/mol. The second-order valence-corrected chi connectivity index (χ2v) is 6.50. The highest BCUT2D eigenvalue weighted by Gasteiger charge is 2.04. The Bertz CT molecular complexity index is 206. The molecule has 0 amide bonds. The van der Waals surface area contributed by atoms with E-state index in [9.17, 15) is 0 Å². The van der Waals surface area contributed by atoms with E-state index in [1.807, 2.05) is 0 Å². The third-order valence-electron chi connectivity index (χ3n) is 2.36. The lowest BCUT2D eigenvalue weighted by atomic mass is 10.4. The topological polar surface area (TPSA) is 0 Å². The average Bonchev–Trinajstić information content (AvgIpc) is 2.15. The monoisotopic (exact) mass is 178 g/mol. The minimum atomic E-state index is -0.578. The van der Waals surface area contributed by atoms with E-state index in [-0.39, 0.29) is 0 Å². The highest BCUT2D eigenvalue weighted by Crippen LogP contribution is 2.01. The first-order chi connectivity index (χ1) is 5.84. The van der Waals surface area contributed by atoms with Gasteiger partial charge in [-0.05, 0) is 0 Å². The Morgan fingerprint density at radius 3 is 2.42 bits per heavy atom. The van der Waals surface area contributed by atoms with Crippen molar-refractivity contribution in [1.82, 2.24) is 0 Å². The molecule has 0 aliphatic rings. The summed E-state index contributed by atoms with van der Waals surface area (Å²) in [5.74, 6) is 0. The van der Waals surface area contributed by atoms with Crippen molar-refractivity contribution < 1.29 is 0 Å². The van der Waals surface area contributed by atoms with E-state index in [1.165, 1.54) is 18.9 Å². The van der Waals surface area contributed by atoms with Gasteiger partial charge >= 0.3 is 0 Å². The maximum Gasteiger partial charge on any atom is 0.0677 e. The number of hydrogen-bond acceptors (Lipinski definition) is 0. The smallest absolute Gasteiger partial charge is 0.0677 e. The van der Waals surface area contributed by atoms with Gasteiger partial charge in [0.05, 0.1) is 8.80 Å². The van der Waals surface area contributed by atoms with Gasteiger partial charge in [0.25, 0.3) is 0 Å². The van der Waals surface area contributed by atoms with Gasteiger partial charge in [-0.1, -0.05) is 67.9 Å². The van der Waals surface area contributed by atoms with Crippen molar-refractivity contribution >= 4 is 14.0 Å². The van der Waals surface area contributed by atoms with Gasteiger partial charge in [-0.2, -0.15) is 0 Å². The van der Waals surface area contributed by atoms with E-state index in [2.05, 4.69) is 43.8 Å². The lowest BCUT2D eigenvalue weighted by molar-refractivity contribution is 0.876. The number of rotatable bonds is 4. The van der Waals surface area contributed by atoms with E-state index < -0.39 is 8.80 Å². The van der Waals surface area contributed by atoms with Crippen LogP contribution in [0.1, 0.15) is 19.8 Å². The Morgan fingerprint density at radius 1 is 1.17 bits per heavy atom. The zero-order valence-electron chi connectivity index (χ0n) is 8.09. The average molecular weight is 178 g/mol. The normalized spacial score (nSPS) is 12.8. The van der Waals surface area contributed by atoms with Crippen molar-refractivity contribution in [2.24, 2.45) is 0 Å². The quantitative estimate of drug-likeness (QED) is 0.622. The van der Waals surface area contributed by atoms with Crippen molar-refractivity contribution in [2.45, 2.75) is 32.4 Å². The van der Waals surface area contributed by atoms with E-state index in [1.54, 1.807) is 5.19 Å². The van der Waals surface area contributed by atoms with Crippen LogP contribution < -0.4 is 5.19 Å². The van der Waals surface area contributed by atoms with Crippen LogP contribution in [-0.4, -0.2) is 8.80 Å². The summed E-state index contributed by atoms with van der Waals surface area (Å²) >= 11 is 0. The zero-order valence-corrected chi connectivity index (χ0v) is 9.24. The third kappa shape index (κ3) is 2.82. The Labute approximate surface area is 77.2 Å². The van der Waals surface area contributed by atoms with Crippen LogP contribution in [0.25, 0.3) is 0 Å². The largest absolute Gasteiger partial charge is 0.0680 e. The molecule has 1 aromatic rings. The predicted octanol–water partition coefficient (Wildman–Crippen LogP) is 2.55. The second-order valence-electron chi connectivity index (χ2n) is 3.45. The molecule has 0 fully saturated rings. The lowest BCUT2D eigenvalue weighted by Gasteiger charge is -2.08. The Kier molecular flexibility index (Phi) is 4.09. The number of hydrogen-bond donors (Lipinski definition) is 0. The van der Waals surface area contributed by atoms with Gasteiger partial charge in [0.15, 0.2) is 0 Å². The van der Waals surface area contributed by atoms with Crippen LogP contribution in [0.3, 0.4) is 0 Å². The Hall–Kier alpha value is -0.563. The SMILES string of the molecule is CCCC[SiH](C)c1ccccc1. The molecule has 1 atom stereocenters. The van der Waals surface area contributed by atoms with E-state index in [4.69, 9.17) is 0 Å². The van der Waals surface area contributed by atoms with E-state index in [0.717, 1.165) is 0 Å². The lowest BCUT2D eigenvalue weighted by Crippen LogP contribution is -2.25. The van der Waals surface area contributed by atoms with Crippen LogP contribution in [0.5, 0.6) is 0 Å². The zero-order chi connectivity index (χ0) is 8.81. The van der Waals surface area contributed by atoms with Gasteiger partial charge in [0, 0.05) is 0 Å². The molecule has 0 heterocycles. The van der Waals surface area contributed by atoms with Gasteiger partial charge in [0.2, 0.25) is 0 Å². The summed E-state index contributed by atoms with van der Waals surface area (Å²) in [5.41, 5.74) is 0. The molecule has 1 heteroatoms. The highest BCUT2D eigenvalue weighted by molar-refractivity contribution is 6.71. The van der Waals surface area contributed by atoms with E-state index >= 15 is 0 Å². The van der Waals surface area contributed by atoms with Crippen molar-refractivity contribution in [3.8, 4) is 0 Å². The molecule has 1 unspecified atom stereocenters. The third-order valence-corrected chi connectivity index (χ3v) is 5.16. The Morgan fingerprint density at radius 2 is 1.83 bits per heavy atom. The van der Waals surface area contributed by atoms with E-state index in [0.29, 0.717) is 0 Å². The minimum Gasteiger partial charge on any atom is -0.0680 e. The summed E-state index contributed by atoms with van der Waals surface area (Å²) in [6.45, 7) is 4.72. The standard InChI is InChI=1S/C11H18Si/c1-3-4-10-12(2)11-8-6-5-7-9-11/h5-9,12H,3-4,10H2,1-2H3. The molecule has 0 aromatic heterocycles. The molecule has 0 bridgehead atoms. The van der Waals surface area contributed by atoms with Crippen molar-refractivity contribution in [3.05, 3.63) is 30.3 Å². The molecule has 0 spiro atoms. The molecule has 0 nitrogen and oxygen atoms in total. The Balaban J connectivity index is 2.48. The number of unbranched alkanes of at least 4 members (excludes halogenated alkanes) is 1. The summed E-state index contributed by atoms with van der Waals surface area (Å²) in [6.07, 6.45) is 2.74. The molecular weight excluding hydrogens is 160 g/mol. The summed E-state index contributed by atoms with van der Waals surface area (Å²) < 4.78 is 0. The molecule has 1 rings (SSSR count). The maximum atomic E-state index is 2.45. The summed E-state index contributed by atoms with van der Waals surface area (Å²) in [5, 5.41) is 1.62. The molecular formula is C11H18Si. The fourth-order valence-electron chi connectivity index (χ4n) is 1.46. The second kappa shape index (κ2) is 5.15. The minimum absolute atomic E-state index is 0.578. The van der Waals surface area contributed by atoms with Crippen LogP contribution >= 0.6 is 0 Å². The molecule has 0 radical (unpaired) electrons. The number of benzene rings is 1. The molecule has 0 saturated heterocycles. The van der Waals surface area contributed by atoms with Gasteiger partial charge in [-0.15, -0.1) is 0 Å².